The van der Waals surface area contributed by atoms with Crippen LogP contribution < -0.4 is 10.9 Å². The third-order valence-electron chi connectivity index (χ3n) is 4.45. The monoisotopic (exact) mass is 360 g/mol. The van der Waals surface area contributed by atoms with Crippen LogP contribution in [0.1, 0.15) is 62.9 Å². The summed E-state index contributed by atoms with van der Waals surface area (Å²) in [6.45, 7) is 3.73. The van der Waals surface area contributed by atoms with Crippen LogP contribution in [0.2, 0.25) is 0 Å². The van der Waals surface area contributed by atoms with Crippen molar-refractivity contribution >= 4 is 11.9 Å². The summed E-state index contributed by atoms with van der Waals surface area (Å²) in [7, 11) is 0. The van der Waals surface area contributed by atoms with Crippen molar-refractivity contribution in [2.45, 2.75) is 70.6 Å². The van der Waals surface area contributed by atoms with E-state index in [1.54, 1.807) is 0 Å². The van der Waals surface area contributed by atoms with Gasteiger partial charge in [-0.3, -0.25) is 9.59 Å². The number of hydrogen-bond acceptors (Lipinski definition) is 6. The summed E-state index contributed by atoms with van der Waals surface area (Å²) >= 11 is 0. The number of nitrogens with one attached hydrogen (secondary N) is 1. The largest absolute Gasteiger partial charge is 0.448 e. The molecule has 1 saturated carbocycles. The van der Waals surface area contributed by atoms with Crippen LogP contribution in [0.15, 0.2) is 16.9 Å². The standard InChI is InChI=1S/C18H24N4O4/c1-3-11-22-15(23)8-7-14(21-22)17(25)26-13(2)16(24)20-18(12-19)9-5-4-6-10-18/h7-8,13H,3-6,9-11H2,1-2H3,(H,20,24)/t13-/m0/s1. The Morgan fingerprint density at radius 3 is 2.69 bits per heavy atom. The van der Waals surface area contributed by atoms with Gasteiger partial charge in [-0.1, -0.05) is 26.2 Å². The minimum atomic E-state index is -1.07. The topological polar surface area (TPSA) is 114 Å². The number of aryl methyl sites for hydroxylation is 1. The molecule has 140 valence electrons. The molecule has 1 aromatic rings. The van der Waals surface area contributed by atoms with Gasteiger partial charge in [0, 0.05) is 12.6 Å². The Morgan fingerprint density at radius 2 is 2.08 bits per heavy atom. The molecule has 1 aromatic heterocycles. The second-order valence-corrected chi connectivity index (χ2v) is 6.57. The lowest BCUT2D eigenvalue weighted by Crippen LogP contribution is -2.52. The normalized spacial score (nSPS) is 17.0. The van der Waals surface area contributed by atoms with Gasteiger partial charge in [0.25, 0.3) is 11.5 Å². The van der Waals surface area contributed by atoms with Crippen molar-refractivity contribution in [1.82, 2.24) is 15.1 Å². The van der Waals surface area contributed by atoms with E-state index in [2.05, 4.69) is 16.5 Å². The van der Waals surface area contributed by atoms with Crippen molar-refractivity contribution in [3.05, 3.63) is 28.2 Å². The number of hydrogen-bond donors (Lipinski definition) is 1. The van der Waals surface area contributed by atoms with E-state index < -0.39 is 23.5 Å². The summed E-state index contributed by atoms with van der Waals surface area (Å²) in [5.41, 5.74) is -1.23. The zero-order valence-electron chi connectivity index (χ0n) is 15.2. The van der Waals surface area contributed by atoms with E-state index in [1.165, 1.54) is 23.7 Å². The molecule has 0 radical (unpaired) electrons. The molecule has 8 nitrogen and oxygen atoms in total. The van der Waals surface area contributed by atoms with Crippen molar-refractivity contribution < 1.29 is 14.3 Å². The predicted molar refractivity (Wildman–Crippen MR) is 93.2 cm³/mol. The Hall–Kier alpha value is -2.69. The molecule has 1 atom stereocenters. The lowest BCUT2D eigenvalue weighted by Gasteiger charge is -2.32. The number of carbonyl (C=O) groups excluding carboxylic acids is 2. The number of ether oxygens (including phenoxy) is 1. The van der Waals surface area contributed by atoms with Crippen molar-refractivity contribution in [2.75, 3.05) is 0 Å². The van der Waals surface area contributed by atoms with Crippen LogP contribution in [0.25, 0.3) is 0 Å². The highest BCUT2D eigenvalue weighted by molar-refractivity contribution is 5.90. The number of rotatable bonds is 6. The number of aromatic nitrogens is 2. The number of esters is 1. The molecule has 26 heavy (non-hydrogen) atoms. The first-order valence-corrected chi connectivity index (χ1v) is 8.93. The van der Waals surface area contributed by atoms with Gasteiger partial charge in [0.1, 0.15) is 5.54 Å². The molecule has 0 aromatic carbocycles. The Labute approximate surface area is 152 Å². The number of nitrogens with zero attached hydrogens (tertiary/aromatic N) is 3. The molecule has 1 amide bonds. The Morgan fingerprint density at radius 1 is 1.38 bits per heavy atom. The second-order valence-electron chi connectivity index (χ2n) is 6.57. The van der Waals surface area contributed by atoms with Crippen LogP contribution in [0.5, 0.6) is 0 Å². The summed E-state index contributed by atoms with van der Waals surface area (Å²) in [6, 6.07) is 4.72. The van der Waals surface area contributed by atoms with Gasteiger partial charge >= 0.3 is 5.97 Å². The van der Waals surface area contributed by atoms with Gasteiger partial charge < -0.3 is 10.1 Å². The van der Waals surface area contributed by atoms with E-state index in [4.69, 9.17) is 4.74 Å². The molecule has 2 rings (SSSR count). The quantitative estimate of drug-likeness (QED) is 0.770. The third kappa shape index (κ3) is 4.69. The average Bonchev–Trinajstić information content (AvgIpc) is 2.64. The van der Waals surface area contributed by atoms with Crippen molar-refractivity contribution in [1.29, 1.82) is 5.26 Å². The maximum Gasteiger partial charge on any atom is 0.359 e. The SMILES string of the molecule is CCCn1nc(C(=O)O[C@@H](C)C(=O)NC2(C#N)CCCCC2)ccc1=O. The number of amides is 1. The molecule has 1 heterocycles. The number of carbonyl (C=O) groups is 2. The second kappa shape index (κ2) is 8.61. The molecule has 0 aliphatic heterocycles. The van der Waals surface area contributed by atoms with E-state index in [1.807, 2.05) is 6.92 Å². The zero-order chi connectivity index (χ0) is 19.2. The first-order valence-electron chi connectivity index (χ1n) is 8.93. The molecular weight excluding hydrogens is 336 g/mol. The van der Waals surface area contributed by atoms with Gasteiger partial charge in [-0.25, -0.2) is 9.48 Å². The fourth-order valence-electron chi connectivity index (χ4n) is 2.96. The lowest BCUT2D eigenvalue weighted by molar-refractivity contribution is -0.130. The van der Waals surface area contributed by atoms with Gasteiger partial charge in [0.05, 0.1) is 6.07 Å². The minimum absolute atomic E-state index is 0.0367. The molecule has 1 N–H and O–H groups in total. The maximum absolute atomic E-state index is 12.4. The van der Waals surface area contributed by atoms with E-state index in [0.717, 1.165) is 19.3 Å². The summed E-state index contributed by atoms with van der Waals surface area (Å²) in [4.78, 5) is 36.2. The molecule has 0 bridgehead atoms. The fourth-order valence-corrected chi connectivity index (χ4v) is 2.96. The molecule has 0 unspecified atom stereocenters. The highest BCUT2D eigenvalue weighted by Crippen LogP contribution is 2.27. The predicted octanol–water partition coefficient (Wildman–Crippen LogP) is 1.54. The Balaban J connectivity index is 2.02. The summed E-state index contributed by atoms with van der Waals surface area (Å²) in [6.07, 6.45) is 3.63. The molecule has 0 spiro atoms. The molecule has 1 fully saturated rings. The molecule has 8 heteroatoms. The van der Waals surface area contributed by atoms with Crippen LogP contribution in [0, 0.1) is 11.3 Å². The van der Waals surface area contributed by atoms with Gasteiger partial charge in [-0.05, 0) is 32.3 Å². The summed E-state index contributed by atoms with van der Waals surface area (Å²) in [5, 5.41) is 16.1. The van der Waals surface area contributed by atoms with Crippen LogP contribution in [0.4, 0.5) is 0 Å². The highest BCUT2D eigenvalue weighted by atomic mass is 16.5. The zero-order valence-corrected chi connectivity index (χ0v) is 15.2. The lowest BCUT2D eigenvalue weighted by atomic mass is 9.83. The first-order chi connectivity index (χ1) is 12.4. The molecular formula is C18H24N4O4. The van der Waals surface area contributed by atoms with Crippen molar-refractivity contribution in [2.24, 2.45) is 0 Å². The van der Waals surface area contributed by atoms with Gasteiger partial charge in [0.2, 0.25) is 0 Å². The highest BCUT2D eigenvalue weighted by Gasteiger charge is 2.35. The first kappa shape index (κ1) is 19.6. The third-order valence-corrected chi connectivity index (χ3v) is 4.45. The molecule has 1 aliphatic carbocycles. The van der Waals surface area contributed by atoms with Gasteiger partial charge in [0.15, 0.2) is 11.8 Å². The smallest absolute Gasteiger partial charge is 0.359 e. The van der Waals surface area contributed by atoms with Crippen LogP contribution in [-0.2, 0) is 16.1 Å². The van der Waals surface area contributed by atoms with E-state index in [-0.39, 0.29) is 11.3 Å². The van der Waals surface area contributed by atoms with Crippen LogP contribution in [0.3, 0.4) is 0 Å². The van der Waals surface area contributed by atoms with Crippen molar-refractivity contribution in [3.63, 3.8) is 0 Å². The Kier molecular flexibility index (Phi) is 6.50. The fraction of sp³-hybridized carbons (Fsp3) is 0.611. The molecule has 0 saturated heterocycles. The minimum Gasteiger partial charge on any atom is -0.448 e. The van der Waals surface area contributed by atoms with E-state index in [9.17, 15) is 19.6 Å². The van der Waals surface area contributed by atoms with Crippen LogP contribution in [-0.4, -0.2) is 33.3 Å². The Bertz CT molecular complexity index is 759. The number of nitriles is 1. The molecule has 1 aliphatic rings. The van der Waals surface area contributed by atoms with Gasteiger partial charge in [-0.2, -0.15) is 10.4 Å². The van der Waals surface area contributed by atoms with Crippen LogP contribution >= 0.6 is 0 Å². The van der Waals surface area contributed by atoms with Gasteiger partial charge in [-0.15, -0.1) is 0 Å². The average molecular weight is 360 g/mol. The van der Waals surface area contributed by atoms with E-state index >= 15 is 0 Å². The van der Waals surface area contributed by atoms with Crippen molar-refractivity contribution in [3.8, 4) is 6.07 Å². The summed E-state index contributed by atoms with van der Waals surface area (Å²) in [5.74, 6) is -1.30. The maximum atomic E-state index is 12.4. The van der Waals surface area contributed by atoms with E-state index in [0.29, 0.717) is 25.8 Å². The summed E-state index contributed by atoms with van der Waals surface area (Å²) < 4.78 is 6.35.